The van der Waals surface area contributed by atoms with E-state index in [4.69, 9.17) is 0 Å². The molecule has 0 radical (unpaired) electrons. The van der Waals surface area contributed by atoms with Crippen LogP contribution in [0.25, 0.3) is 0 Å². The van der Waals surface area contributed by atoms with Gasteiger partial charge in [0.15, 0.2) is 0 Å². The smallest absolute Gasteiger partial charge is 0.330 e. The number of amides is 1. The summed E-state index contributed by atoms with van der Waals surface area (Å²) < 4.78 is 6.36. The van der Waals surface area contributed by atoms with Crippen molar-refractivity contribution in [1.82, 2.24) is 15.1 Å². The van der Waals surface area contributed by atoms with Gasteiger partial charge in [0.2, 0.25) is 0 Å². The lowest BCUT2D eigenvalue weighted by Gasteiger charge is -2.21. The van der Waals surface area contributed by atoms with Gasteiger partial charge in [-0.15, -0.1) is 0 Å². The van der Waals surface area contributed by atoms with Gasteiger partial charge in [0, 0.05) is 18.8 Å². The Morgan fingerprint density at radius 1 is 1.43 bits per heavy atom. The molecule has 6 heteroatoms. The first kappa shape index (κ1) is 15.3. The Labute approximate surface area is 124 Å². The minimum absolute atomic E-state index is 0.188. The van der Waals surface area contributed by atoms with Crippen molar-refractivity contribution in [2.24, 2.45) is 0 Å². The molecule has 6 nitrogen and oxygen atoms in total. The standard InChI is InChI=1S/C15H21N3O3/c1-21-14(19)8-5-9-16-15(20)12-10-17-18(11-12)13-6-3-2-4-7-13/h5,8,10-11,13H,2-4,6-7,9H2,1H3,(H,16,20)/b8-5+. The molecular formula is C15H21N3O3. The van der Waals surface area contributed by atoms with Gasteiger partial charge >= 0.3 is 5.97 Å². The molecule has 1 N–H and O–H groups in total. The van der Waals surface area contributed by atoms with Gasteiger partial charge in [-0.3, -0.25) is 9.48 Å². The van der Waals surface area contributed by atoms with Crippen molar-refractivity contribution in [3.05, 3.63) is 30.1 Å². The number of nitrogens with zero attached hydrogens (tertiary/aromatic N) is 2. The number of hydrogen-bond donors (Lipinski definition) is 1. The molecule has 1 aromatic heterocycles. The van der Waals surface area contributed by atoms with Crippen molar-refractivity contribution >= 4 is 11.9 Å². The van der Waals surface area contributed by atoms with E-state index in [-0.39, 0.29) is 12.5 Å². The predicted octanol–water partition coefficient (Wildman–Crippen LogP) is 1.85. The number of ether oxygens (including phenoxy) is 1. The van der Waals surface area contributed by atoms with Crippen LogP contribution < -0.4 is 5.32 Å². The molecule has 2 rings (SSSR count). The summed E-state index contributed by atoms with van der Waals surface area (Å²) >= 11 is 0. The summed E-state index contributed by atoms with van der Waals surface area (Å²) in [4.78, 5) is 22.8. The van der Waals surface area contributed by atoms with Gasteiger partial charge in [-0.05, 0) is 12.8 Å². The van der Waals surface area contributed by atoms with Crippen molar-refractivity contribution in [2.75, 3.05) is 13.7 Å². The lowest BCUT2D eigenvalue weighted by atomic mass is 9.96. The van der Waals surface area contributed by atoms with Crippen LogP contribution in [0.5, 0.6) is 0 Å². The first-order valence-corrected chi connectivity index (χ1v) is 7.27. The van der Waals surface area contributed by atoms with Crippen molar-refractivity contribution < 1.29 is 14.3 Å². The lowest BCUT2D eigenvalue weighted by molar-refractivity contribution is -0.134. The number of methoxy groups -OCH3 is 1. The lowest BCUT2D eigenvalue weighted by Crippen LogP contribution is -2.23. The predicted molar refractivity (Wildman–Crippen MR) is 77.8 cm³/mol. The fraction of sp³-hybridized carbons (Fsp3) is 0.533. The van der Waals surface area contributed by atoms with Gasteiger partial charge in [0.25, 0.3) is 5.91 Å². The molecule has 1 amide bonds. The highest BCUT2D eigenvalue weighted by molar-refractivity contribution is 5.93. The average Bonchev–Trinajstić information content (AvgIpc) is 3.02. The molecule has 0 spiro atoms. The van der Waals surface area contributed by atoms with Crippen LogP contribution in [0, 0.1) is 0 Å². The van der Waals surface area contributed by atoms with Crippen LogP contribution in [-0.4, -0.2) is 35.3 Å². The molecule has 1 aromatic rings. The SMILES string of the molecule is COC(=O)/C=C/CNC(=O)c1cnn(C2CCCCC2)c1. The largest absolute Gasteiger partial charge is 0.466 e. The number of nitrogens with one attached hydrogen (secondary N) is 1. The molecule has 1 heterocycles. The Morgan fingerprint density at radius 3 is 2.90 bits per heavy atom. The third-order valence-corrected chi connectivity index (χ3v) is 3.65. The monoisotopic (exact) mass is 291 g/mol. The maximum absolute atomic E-state index is 11.9. The summed E-state index contributed by atoms with van der Waals surface area (Å²) in [5, 5.41) is 7.00. The maximum Gasteiger partial charge on any atom is 0.330 e. The highest BCUT2D eigenvalue weighted by atomic mass is 16.5. The third-order valence-electron chi connectivity index (χ3n) is 3.65. The molecule has 0 aromatic carbocycles. The van der Waals surface area contributed by atoms with E-state index < -0.39 is 5.97 Å². The summed E-state index contributed by atoms with van der Waals surface area (Å²) in [6.45, 7) is 0.280. The van der Waals surface area contributed by atoms with Crippen molar-refractivity contribution in [3.8, 4) is 0 Å². The Hall–Kier alpha value is -2.11. The molecule has 114 valence electrons. The normalized spacial score (nSPS) is 16.0. The second-order valence-electron chi connectivity index (χ2n) is 5.14. The van der Waals surface area contributed by atoms with Crippen LogP contribution in [0.3, 0.4) is 0 Å². The minimum Gasteiger partial charge on any atom is -0.466 e. The zero-order valence-electron chi connectivity index (χ0n) is 12.2. The number of esters is 1. The molecule has 1 fully saturated rings. The maximum atomic E-state index is 11.9. The Kier molecular flexibility index (Phi) is 5.54. The number of carbonyl (C=O) groups is 2. The quantitative estimate of drug-likeness (QED) is 0.663. The van der Waals surface area contributed by atoms with Gasteiger partial charge in [-0.2, -0.15) is 5.10 Å². The number of carbonyl (C=O) groups excluding carboxylic acids is 2. The number of hydrogen-bond acceptors (Lipinski definition) is 4. The molecule has 0 unspecified atom stereocenters. The molecule has 0 atom stereocenters. The van der Waals surface area contributed by atoms with E-state index in [9.17, 15) is 9.59 Å². The van der Waals surface area contributed by atoms with E-state index >= 15 is 0 Å². The Balaban J connectivity index is 1.84. The molecular weight excluding hydrogens is 270 g/mol. The minimum atomic E-state index is -0.436. The summed E-state index contributed by atoms with van der Waals surface area (Å²) in [5.74, 6) is -0.624. The number of rotatable bonds is 5. The van der Waals surface area contributed by atoms with Crippen LogP contribution in [0.2, 0.25) is 0 Å². The van der Waals surface area contributed by atoms with E-state index in [1.54, 1.807) is 18.5 Å². The molecule has 0 bridgehead atoms. The Bertz CT molecular complexity index is 516. The van der Waals surface area contributed by atoms with Crippen molar-refractivity contribution in [3.63, 3.8) is 0 Å². The van der Waals surface area contributed by atoms with E-state index in [2.05, 4.69) is 15.2 Å². The van der Waals surface area contributed by atoms with E-state index in [0.29, 0.717) is 11.6 Å². The first-order chi connectivity index (χ1) is 10.2. The van der Waals surface area contributed by atoms with Crippen molar-refractivity contribution in [2.45, 2.75) is 38.1 Å². The number of aromatic nitrogens is 2. The van der Waals surface area contributed by atoms with Crippen LogP contribution in [0.1, 0.15) is 48.5 Å². The van der Waals surface area contributed by atoms with Gasteiger partial charge in [0.1, 0.15) is 0 Å². The van der Waals surface area contributed by atoms with Gasteiger partial charge in [-0.25, -0.2) is 4.79 Å². The third kappa shape index (κ3) is 4.44. The van der Waals surface area contributed by atoms with Crippen LogP contribution in [0.4, 0.5) is 0 Å². The summed E-state index contributed by atoms with van der Waals surface area (Å²) in [7, 11) is 1.31. The highest BCUT2D eigenvalue weighted by Crippen LogP contribution is 2.27. The van der Waals surface area contributed by atoms with Gasteiger partial charge < -0.3 is 10.1 Å². The molecule has 1 aliphatic rings. The van der Waals surface area contributed by atoms with Crippen LogP contribution in [0.15, 0.2) is 24.5 Å². The van der Waals surface area contributed by atoms with Crippen LogP contribution >= 0.6 is 0 Å². The summed E-state index contributed by atoms with van der Waals surface area (Å²) in [6.07, 6.45) is 12.2. The molecule has 0 saturated heterocycles. The van der Waals surface area contributed by atoms with Crippen molar-refractivity contribution in [1.29, 1.82) is 0 Å². The van der Waals surface area contributed by atoms with Gasteiger partial charge in [0.05, 0.1) is 24.9 Å². The Morgan fingerprint density at radius 2 is 2.19 bits per heavy atom. The molecule has 21 heavy (non-hydrogen) atoms. The van der Waals surface area contributed by atoms with E-state index in [0.717, 1.165) is 12.8 Å². The zero-order valence-corrected chi connectivity index (χ0v) is 12.2. The summed E-state index contributed by atoms with van der Waals surface area (Å²) in [6, 6.07) is 0.416. The van der Waals surface area contributed by atoms with Crippen LogP contribution in [-0.2, 0) is 9.53 Å². The molecule has 0 aliphatic heterocycles. The molecule has 1 aliphatic carbocycles. The topological polar surface area (TPSA) is 73.2 Å². The average molecular weight is 291 g/mol. The zero-order chi connectivity index (χ0) is 15.1. The molecule has 1 saturated carbocycles. The van der Waals surface area contributed by atoms with E-state index in [1.165, 1.54) is 32.4 Å². The first-order valence-electron chi connectivity index (χ1n) is 7.27. The fourth-order valence-corrected chi connectivity index (χ4v) is 2.48. The fourth-order valence-electron chi connectivity index (χ4n) is 2.48. The second-order valence-corrected chi connectivity index (χ2v) is 5.14. The highest BCUT2D eigenvalue weighted by Gasteiger charge is 2.17. The summed E-state index contributed by atoms with van der Waals surface area (Å²) in [5.41, 5.74) is 0.548. The van der Waals surface area contributed by atoms with E-state index in [1.807, 2.05) is 4.68 Å². The second kappa shape index (κ2) is 7.61. The van der Waals surface area contributed by atoms with Gasteiger partial charge in [-0.1, -0.05) is 25.3 Å².